The van der Waals surface area contributed by atoms with Crippen LogP contribution in [0.2, 0.25) is 0 Å². The van der Waals surface area contributed by atoms with Gasteiger partial charge >= 0.3 is 0 Å². The summed E-state index contributed by atoms with van der Waals surface area (Å²) >= 11 is 0. The zero-order chi connectivity index (χ0) is 13.9. The normalized spacial score (nSPS) is 14.9. The van der Waals surface area contributed by atoms with Crippen molar-refractivity contribution >= 4 is 0 Å². The minimum Gasteiger partial charge on any atom is -0.489 e. The number of ether oxygens (including phenoxy) is 1. The van der Waals surface area contributed by atoms with Gasteiger partial charge in [-0.1, -0.05) is 30.3 Å². The fraction of sp³-hybridized carbons (Fsp3) is 0.333. The van der Waals surface area contributed by atoms with E-state index in [4.69, 9.17) is 4.74 Å². The highest BCUT2D eigenvalue weighted by Gasteiger charge is 2.11. The Morgan fingerprint density at radius 1 is 1.10 bits per heavy atom. The van der Waals surface area contributed by atoms with Crippen molar-refractivity contribution in [2.75, 3.05) is 0 Å². The largest absolute Gasteiger partial charge is 0.489 e. The average Bonchev–Trinajstić information content (AvgIpc) is 2.93. The van der Waals surface area contributed by atoms with Gasteiger partial charge in [-0.25, -0.2) is 0 Å². The van der Waals surface area contributed by atoms with E-state index in [0.29, 0.717) is 6.61 Å². The van der Waals surface area contributed by atoms with Crippen LogP contribution in [-0.2, 0) is 19.4 Å². The number of hydrogen-bond donors (Lipinski definition) is 1. The molecule has 1 atom stereocenters. The lowest BCUT2D eigenvalue weighted by molar-refractivity contribution is 0.198. The van der Waals surface area contributed by atoms with Crippen molar-refractivity contribution in [1.82, 2.24) is 0 Å². The van der Waals surface area contributed by atoms with Gasteiger partial charge in [0.15, 0.2) is 0 Å². The molecule has 0 saturated heterocycles. The third-order valence-corrected chi connectivity index (χ3v) is 3.91. The fourth-order valence-corrected chi connectivity index (χ4v) is 2.75. The number of hydrogen-bond acceptors (Lipinski definition) is 2. The van der Waals surface area contributed by atoms with Crippen molar-refractivity contribution in [1.29, 1.82) is 0 Å². The first kappa shape index (κ1) is 13.2. The van der Waals surface area contributed by atoms with Crippen LogP contribution in [0.15, 0.2) is 42.5 Å². The van der Waals surface area contributed by atoms with Gasteiger partial charge in [0.25, 0.3) is 0 Å². The molecule has 20 heavy (non-hydrogen) atoms. The molecule has 0 unspecified atom stereocenters. The summed E-state index contributed by atoms with van der Waals surface area (Å²) in [5, 5.41) is 9.58. The summed E-state index contributed by atoms with van der Waals surface area (Å²) in [6.45, 7) is 2.34. The highest BCUT2D eigenvalue weighted by molar-refractivity contribution is 5.35. The van der Waals surface area contributed by atoms with Gasteiger partial charge in [0, 0.05) is 0 Å². The average molecular weight is 268 g/mol. The molecule has 1 N–H and O–H groups in total. The van der Waals surface area contributed by atoms with Gasteiger partial charge in [-0.3, -0.25) is 0 Å². The van der Waals surface area contributed by atoms with Crippen molar-refractivity contribution in [3.63, 3.8) is 0 Å². The lowest BCUT2D eigenvalue weighted by Gasteiger charge is -2.10. The van der Waals surface area contributed by atoms with Crippen LogP contribution >= 0.6 is 0 Å². The Morgan fingerprint density at radius 2 is 1.95 bits per heavy atom. The number of aryl methyl sites for hydroxylation is 2. The van der Waals surface area contributed by atoms with Crippen molar-refractivity contribution in [2.24, 2.45) is 0 Å². The fourth-order valence-electron chi connectivity index (χ4n) is 2.75. The molecule has 0 heterocycles. The SMILES string of the molecule is C[C@@H](O)c1cccc(OCc2ccc3c(c2)CCC3)c1. The zero-order valence-electron chi connectivity index (χ0n) is 11.8. The third kappa shape index (κ3) is 2.86. The van der Waals surface area contributed by atoms with Crippen LogP contribution in [0.5, 0.6) is 5.75 Å². The molecule has 0 bridgehead atoms. The van der Waals surface area contributed by atoms with Crippen LogP contribution < -0.4 is 4.74 Å². The van der Waals surface area contributed by atoms with Crippen LogP contribution in [0.25, 0.3) is 0 Å². The molecule has 1 aliphatic rings. The van der Waals surface area contributed by atoms with Gasteiger partial charge in [-0.05, 0) is 60.6 Å². The summed E-state index contributed by atoms with van der Waals surface area (Å²) < 4.78 is 5.83. The molecule has 2 heteroatoms. The molecule has 0 aliphatic heterocycles. The molecule has 2 aromatic rings. The molecule has 2 aromatic carbocycles. The maximum Gasteiger partial charge on any atom is 0.120 e. The van der Waals surface area contributed by atoms with Crippen molar-refractivity contribution in [3.8, 4) is 5.75 Å². The molecule has 2 nitrogen and oxygen atoms in total. The molecule has 0 aromatic heterocycles. The molecule has 0 saturated carbocycles. The number of aliphatic hydroxyl groups excluding tert-OH is 1. The first-order chi connectivity index (χ1) is 9.72. The highest BCUT2D eigenvalue weighted by atomic mass is 16.5. The van der Waals surface area contributed by atoms with Crippen molar-refractivity contribution in [2.45, 2.75) is 38.9 Å². The monoisotopic (exact) mass is 268 g/mol. The molecule has 1 aliphatic carbocycles. The molecule has 0 radical (unpaired) electrons. The Hall–Kier alpha value is -1.80. The van der Waals surface area contributed by atoms with E-state index in [1.807, 2.05) is 24.3 Å². The van der Waals surface area contributed by atoms with Crippen molar-refractivity contribution in [3.05, 3.63) is 64.7 Å². The topological polar surface area (TPSA) is 29.5 Å². The second-order valence-electron chi connectivity index (χ2n) is 5.49. The van der Waals surface area contributed by atoms with Crippen LogP contribution in [0.3, 0.4) is 0 Å². The summed E-state index contributed by atoms with van der Waals surface area (Å²) in [5.74, 6) is 0.809. The third-order valence-electron chi connectivity index (χ3n) is 3.91. The van der Waals surface area contributed by atoms with E-state index in [9.17, 15) is 5.11 Å². The van der Waals surface area contributed by atoms with E-state index in [2.05, 4.69) is 18.2 Å². The van der Waals surface area contributed by atoms with Gasteiger partial charge in [0.05, 0.1) is 6.10 Å². The van der Waals surface area contributed by atoms with E-state index in [1.165, 1.54) is 36.0 Å². The summed E-state index contributed by atoms with van der Waals surface area (Å²) in [6, 6.07) is 14.3. The van der Waals surface area contributed by atoms with Gasteiger partial charge < -0.3 is 9.84 Å². The molecule has 0 spiro atoms. The minimum absolute atomic E-state index is 0.460. The van der Waals surface area contributed by atoms with E-state index >= 15 is 0 Å². The van der Waals surface area contributed by atoms with Crippen LogP contribution in [0, 0.1) is 0 Å². The maximum atomic E-state index is 9.58. The maximum absolute atomic E-state index is 9.58. The van der Waals surface area contributed by atoms with Gasteiger partial charge in [0.1, 0.15) is 12.4 Å². The lowest BCUT2D eigenvalue weighted by Crippen LogP contribution is -1.98. The lowest BCUT2D eigenvalue weighted by atomic mass is 10.1. The quantitative estimate of drug-likeness (QED) is 0.913. The Labute approximate surface area is 120 Å². The summed E-state index contributed by atoms with van der Waals surface area (Å²) in [7, 11) is 0. The predicted octanol–water partition coefficient (Wildman–Crippen LogP) is 3.81. The number of fused-ring (bicyclic) bond motifs is 1. The smallest absolute Gasteiger partial charge is 0.120 e. The van der Waals surface area contributed by atoms with Crippen molar-refractivity contribution < 1.29 is 9.84 Å². The molecule has 0 amide bonds. The first-order valence-electron chi connectivity index (χ1n) is 7.24. The zero-order valence-corrected chi connectivity index (χ0v) is 11.8. The molecular formula is C18H20O2. The first-order valence-corrected chi connectivity index (χ1v) is 7.24. The highest BCUT2D eigenvalue weighted by Crippen LogP contribution is 2.24. The second kappa shape index (κ2) is 5.68. The molecule has 3 rings (SSSR count). The van der Waals surface area contributed by atoms with Crippen LogP contribution in [0.1, 0.15) is 41.7 Å². The summed E-state index contributed by atoms with van der Waals surface area (Å²) in [6.07, 6.45) is 3.22. The number of benzene rings is 2. The van der Waals surface area contributed by atoms with Gasteiger partial charge in [-0.15, -0.1) is 0 Å². The molecule has 0 fully saturated rings. The van der Waals surface area contributed by atoms with Gasteiger partial charge in [-0.2, -0.15) is 0 Å². The van der Waals surface area contributed by atoms with E-state index in [-0.39, 0.29) is 0 Å². The molecule has 104 valence electrons. The predicted molar refractivity (Wildman–Crippen MR) is 79.9 cm³/mol. The van der Waals surface area contributed by atoms with Gasteiger partial charge in [0.2, 0.25) is 0 Å². The standard InChI is InChI=1S/C18H20O2/c1-13(19)16-5-3-7-18(11-16)20-12-14-8-9-15-4-2-6-17(15)10-14/h3,5,7-11,13,19H,2,4,6,12H2,1H3/t13-/m1/s1. The Morgan fingerprint density at radius 3 is 2.80 bits per heavy atom. The molecular weight excluding hydrogens is 248 g/mol. The number of aliphatic hydroxyl groups is 1. The summed E-state index contributed by atoms with van der Waals surface area (Å²) in [4.78, 5) is 0. The Balaban J connectivity index is 1.69. The second-order valence-corrected chi connectivity index (χ2v) is 5.49. The number of rotatable bonds is 4. The van der Waals surface area contributed by atoms with E-state index in [0.717, 1.165) is 11.3 Å². The minimum atomic E-state index is -0.460. The van der Waals surface area contributed by atoms with E-state index in [1.54, 1.807) is 6.92 Å². The summed E-state index contributed by atoms with van der Waals surface area (Å²) in [5.41, 5.74) is 5.07. The Bertz CT molecular complexity index is 602. The van der Waals surface area contributed by atoms with Crippen LogP contribution in [-0.4, -0.2) is 5.11 Å². The van der Waals surface area contributed by atoms with Crippen LogP contribution in [0.4, 0.5) is 0 Å². The van der Waals surface area contributed by atoms with E-state index < -0.39 is 6.10 Å². The Kier molecular flexibility index (Phi) is 3.75.